The highest BCUT2D eigenvalue weighted by molar-refractivity contribution is 6.33. The summed E-state index contributed by atoms with van der Waals surface area (Å²) in [5, 5.41) is 14.2. The maximum atomic E-state index is 12.5. The van der Waals surface area contributed by atoms with Gasteiger partial charge in [-0.25, -0.2) is 4.79 Å². The Kier molecular flexibility index (Phi) is 4.58. The smallest absolute Gasteiger partial charge is 0.394 e. The molecule has 3 N–H and O–H groups in total. The van der Waals surface area contributed by atoms with E-state index in [2.05, 4.69) is 10.6 Å². The Morgan fingerprint density at radius 1 is 1.41 bits per heavy atom. The Morgan fingerprint density at radius 3 is 2.50 bits per heavy atom. The number of hydrogen-bond donors (Lipinski definition) is 3. The number of amides is 2. The van der Waals surface area contributed by atoms with Crippen molar-refractivity contribution in [2.45, 2.75) is 31.5 Å². The SMILES string of the molecule is CC(CO)(NC(=O)Nc1ccc(C(F)(F)F)cc1Cl)C1CC1. The number of aliphatic hydroxyl groups is 1. The first-order valence-corrected chi connectivity index (χ1v) is 7.10. The van der Waals surface area contributed by atoms with E-state index in [1.807, 2.05) is 0 Å². The van der Waals surface area contributed by atoms with Crippen LogP contribution in [-0.4, -0.2) is 23.3 Å². The molecule has 0 saturated heterocycles. The van der Waals surface area contributed by atoms with Crippen LogP contribution in [0.25, 0.3) is 0 Å². The molecule has 0 aliphatic heterocycles. The molecule has 0 aromatic heterocycles. The minimum absolute atomic E-state index is 0.0725. The maximum absolute atomic E-state index is 12.5. The van der Waals surface area contributed by atoms with Crippen molar-refractivity contribution in [1.82, 2.24) is 5.32 Å². The number of carbonyl (C=O) groups excluding carboxylic acids is 1. The Labute approximate surface area is 130 Å². The zero-order valence-corrected chi connectivity index (χ0v) is 12.6. The van der Waals surface area contributed by atoms with Gasteiger partial charge in [0.25, 0.3) is 0 Å². The Hall–Kier alpha value is -1.47. The number of halogens is 4. The molecule has 1 aromatic carbocycles. The van der Waals surface area contributed by atoms with Crippen LogP contribution < -0.4 is 10.6 Å². The average Bonchev–Trinajstić information content (AvgIpc) is 3.24. The highest BCUT2D eigenvalue weighted by Gasteiger charge is 2.42. The van der Waals surface area contributed by atoms with Gasteiger partial charge in [-0.3, -0.25) is 0 Å². The molecule has 0 spiro atoms. The van der Waals surface area contributed by atoms with E-state index in [-0.39, 0.29) is 23.2 Å². The molecule has 4 nitrogen and oxygen atoms in total. The molecule has 0 bridgehead atoms. The summed E-state index contributed by atoms with van der Waals surface area (Å²) in [4.78, 5) is 11.9. The van der Waals surface area contributed by atoms with Gasteiger partial charge in [-0.1, -0.05) is 11.6 Å². The molecule has 1 aromatic rings. The molecule has 2 amide bonds. The Bertz CT molecular complexity index is 576. The summed E-state index contributed by atoms with van der Waals surface area (Å²) in [6.45, 7) is 1.50. The van der Waals surface area contributed by atoms with Crippen LogP contribution in [-0.2, 0) is 6.18 Å². The second-order valence-electron chi connectivity index (χ2n) is 5.62. The van der Waals surface area contributed by atoms with Gasteiger partial charge >= 0.3 is 12.2 Å². The molecule has 122 valence electrons. The van der Waals surface area contributed by atoms with Gasteiger partial charge in [-0.2, -0.15) is 13.2 Å². The second kappa shape index (κ2) is 5.96. The summed E-state index contributed by atoms with van der Waals surface area (Å²) in [5.41, 5.74) is -1.56. The number of hydrogen-bond acceptors (Lipinski definition) is 2. The van der Waals surface area contributed by atoms with Gasteiger partial charge in [0, 0.05) is 0 Å². The molecule has 1 aliphatic rings. The van der Waals surface area contributed by atoms with Crippen molar-refractivity contribution in [3.63, 3.8) is 0 Å². The van der Waals surface area contributed by atoms with Crippen molar-refractivity contribution < 1.29 is 23.1 Å². The van der Waals surface area contributed by atoms with Crippen molar-refractivity contribution >= 4 is 23.3 Å². The maximum Gasteiger partial charge on any atom is 0.416 e. The summed E-state index contributed by atoms with van der Waals surface area (Å²) in [7, 11) is 0. The van der Waals surface area contributed by atoms with E-state index in [4.69, 9.17) is 11.6 Å². The molecular weight excluding hydrogens is 321 g/mol. The monoisotopic (exact) mass is 336 g/mol. The first-order chi connectivity index (χ1) is 10.2. The second-order valence-corrected chi connectivity index (χ2v) is 6.03. The normalized spacial score (nSPS) is 17.7. The highest BCUT2D eigenvalue weighted by Crippen LogP contribution is 2.39. The molecular formula is C14H16ClF3N2O2. The van der Waals surface area contributed by atoms with Crippen molar-refractivity contribution in [2.24, 2.45) is 5.92 Å². The van der Waals surface area contributed by atoms with Crippen LogP contribution in [0.4, 0.5) is 23.7 Å². The lowest BCUT2D eigenvalue weighted by atomic mass is 9.97. The van der Waals surface area contributed by atoms with Crippen molar-refractivity contribution in [2.75, 3.05) is 11.9 Å². The minimum atomic E-state index is -4.49. The van der Waals surface area contributed by atoms with Crippen molar-refractivity contribution in [3.8, 4) is 0 Å². The molecule has 1 unspecified atom stereocenters. The largest absolute Gasteiger partial charge is 0.416 e. The third kappa shape index (κ3) is 3.84. The van der Waals surface area contributed by atoms with E-state index in [1.165, 1.54) is 0 Å². The van der Waals surface area contributed by atoms with Gasteiger partial charge in [0.05, 0.1) is 28.4 Å². The molecule has 0 heterocycles. The van der Waals surface area contributed by atoms with Gasteiger partial charge in [0.1, 0.15) is 0 Å². The predicted octanol–water partition coefficient (Wildman–Crippen LogP) is 3.64. The van der Waals surface area contributed by atoms with Crippen LogP contribution in [0.15, 0.2) is 18.2 Å². The Morgan fingerprint density at radius 2 is 2.05 bits per heavy atom. The van der Waals surface area contributed by atoms with Gasteiger partial charge in [0.2, 0.25) is 0 Å². The fourth-order valence-corrected chi connectivity index (χ4v) is 2.42. The number of urea groups is 1. The molecule has 2 rings (SSSR count). The van der Waals surface area contributed by atoms with E-state index in [0.29, 0.717) is 0 Å². The predicted molar refractivity (Wildman–Crippen MR) is 76.8 cm³/mol. The summed E-state index contributed by atoms with van der Waals surface area (Å²) in [5.74, 6) is 0.200. The zero-order valence-electron chi connectivity index (χ0n) is 11.8. The number of aliphatic hydroxyl groups excluding tert-OH is 1. The quantitative estimate of drug-likeness (QED) is 0.786. The van der Waals surface area contributed by atoms with E-state index in [0.717, 1.165) is 31.0 Å². The van der Waals surface area contributed by atoms with E-state index in [9.17, 15) is 23.1 Å². The van der Waals surface area contributed by atoms with Crippen LogP contribution >= 0.6 is 11.6 Å². The lowest BCUT2D eigenvalue weighted by Gasteiger charge is -2.28. The summed E-state index contributed by atoms with van der Waals surface area (Å²) in [6, 6.07) is 2.07. The molecule has 1 aliphatic carbocycles. The van der Waals surface area contributed by atoms with E-state index in [1.54, 1.807) is 6.92 Å². The van der Waals surface area contributed by atoms with Crippen molar-refractivity contribution in [1.29, 1.82) is 0 Å². The molecule has 8 heteroatoms. The molecule has 0 radical (unpaired) electrons. The average molecular weight is 337 g/mol. The topological polar surface area (TPSA) is 61.4 Å². The molecule has 1 fully saturated rings. The van der Waals surface area contributed by atoms with Crippen molar-refractivity contribution in [3.05, 3.63) is 28.8 Å². The third-order valence-corrected chi connectivity index (χ3v) is 4.06. The summed E-state index contributed by atoms with van der Waals surface area (Å²) >= 11 is 5.77. The van der Waals surface area contributed by atoms with Crippen LogP contribution in [0.5, 0.6) is 0 Å². The van der Waals surface area contributed by atoms with Gasteiger partial charge in [-0.05, 0) is 43.9 Å². The highest BCUT2D eigenvalue weighted by atomic mass is 35.5. The fraction of sp³-hybridized carbons (Fsp3) is 0.500. The Balaban J connectivity index is 2.05. The van der Waals surface area contributed by atoms with Gasteiger partial charge < -0.3 is 15.7 Å². The van der Waals surface area contributed by atoms with E-state index >= 15 is 0 Å². The summed E-state index contributed by atoms with van der Waals surface area (Å²) < 4.78 is 37.6. The van der Waals surface area contributed by atoms with Crippen LogP contribution in [0, 0.1) is 5.92 Å². The lowest BCUT2D eigenvalue weighted by molar-refractivity contribution is -0.137. The molecule has 1 saturated carbocycles. The number of anilines is 1. The number of benzene rings is 1. The number of alkyl halides is 3. The first-order valence-electron chi connectivity index (χ1n) is 6.72. The fourth-order valence-electron chi connectivity index (χ4n) is 2.20. The molecule has 22 heavy (non-hydrogen) atoms. The van der Waals surface area contributed by atoms with Crippen LogP contribution in [0.1, 0.15) is 25.3 Å². The van der Waals surface area contributed by atoms with Gasteiger partial charge in [0.15, 0.2) is 0 Å². The number of carbonyl (C=O) groups is 1. The standard InChI is InChI=1S/C14H16ClF3N2O2/c1-13(7-21,8-2-3-8)20-12(22)19-11-5-4-9(6-10(11)15)14(16,17)18/h4-6,8,21H,2-3,7H2,1H3,(H2,19,20,22). The van der Waals surface area contributed by atoms with Crippen LogP contribution in [0.3, 0.4) is 0 Å². The zero-order chi connectivity index (χ0) is 16.5. The number of nitrogens with one attached hydrogen (secondary N) is 2. The number of rotatable bonds is 4. The first kappa shape index (κ1) is 16.9. The summed E-state index contributed by atoms with van der Waals surface area (Å²) in [6.07, 6.45) is -2.66. The third-order valence-electron chi connectivity index (χ3n) is 3.75. The molecule has 1 atom stereocenters. The van der Waals surface area contributed by atoms with Gasteiger partial charge in [-0.15, -0.1) is 0 Å². The van der Waals surface area contributed by atoms with Crippen LogP contribution in [0.2, 0.25) is 5.02 Å². The lowest BCUT2D eigenvalue weighted by Crippen LogP contribution is -2.52. The minimum Gasteiger partial charge on any atom is -0.394 e. The van der Waals surface area contributed by atoms with E-state index < -0.39 is 23.3 Å².